The van der Waals surface area contributed by atoms with Crippen molar-refractivity contribution < 1.29 is 21.3 Å². The van der Waals surface area contributed by atoms with E-state index in [1.807, 2.05) is 0 Å². The number of benzene rings is 2. The van der Waals surface area contributed by atoms with Gasteiger partial charge in [0.05, 0.1) is 5.57 Å². The van der Waals surface area contributed by atoms with Crippen molar-refractivity contribution in [1.82, 2.24) is 0 Å². The molecule has 2 aromatic carbocycles. The minimum Gasteiger partial charge on any atom is -0.348 e. The van der Waals surface area contributed by atoms with E-state index in [1.165, 1.54) is 78.3 Å². The van der Waals surface area contributed by atoms with E-state index in [9.17, 15) is 5.53 Å². The van der Waals surface area contributed by atoms with Gasteiger partial charge in [0.1, 0.15) is 0 Å². The molecule has 0 aliphatic rings. The summed E-state index contributed by atoms with van der Waals surface area (Å²) >= 11 is 0. The van der Waals surface area contributed by atoms with Crippen molar-refractivity contribution in [3.05, 3.63) is 87.5 Å². The van der Waals surface area contributed by atoms with Gasteiger partial charge in [-0.1, -0.05) is 115 Å². The van der Waals surface area contributed by atoms with Crippen molar-refractivity contribution in [2.45, 2.75) is 118 Å². The van der Waals surface area contributed by atoms with Gasteiger partial charge in [-0.2, -0.15) is 0 Å². The van der Waals surface area contributed by atoms with Crippen LogP contribution in [-0.4, -0.2) is 10.7 Å². The van der Waals surface area contributed by atoms with Crippen molar-refractivity contribution in [1.29, 1.82) is 0 Å². The fourth-order valence-electron chi connectivity index (χ4n) is 4.86. The van der Waals surface area contributed by atoms with Crippen molar-refractivity contribution in [3.63, 3.8) is 0 Å². The molecule has 2 rings (SSSR count). The third-order valence-corrected chi connectivity index (χ3v) is 7.01. The van der Waals surface area contributed by atoms with Crippen LogP contribution in [0, 0.1) is 0 Å². The number of unbranched alkanes of at least 4 members (excludes halogenated alkanes) is 6. The van der Waals surface area contributed by atoms with Gasteiger partial charge in [0.2, 0.25) is 0 Å². The summed E-state index contributed by atoms with van der Waals surface area (Å²) in [4.78, 5) is 3.40. The van der Waals surface area contributed by atoms with Gasteiger partial charge in [-0.3, -0.25) is 0 Å². The molecule has 0 N–H and O–H groups in total. The molecule has 3 heteroatoms. The van der Waals surface area contributed by atoms with Gasteiger partial charge in [0.15, 0.2) is 0 Å². The number of rotatable bonds is 17. The van der Waals surface area contributed by atoms with Crippen molar-refractivity contribution >= 4 is 11.4 Å². The maximum atomic E-state index is 9.53. The molecule has 2 aromatic rings. The van der Waals surface area contributed by atoms with Crippen molar-refractivity contribution in [2.24, 2.45) is 0 Å². The third-order valence-electron chi connectivity index (χ3n) is 7.01. The fraction of sp³-hybridized carbons (Fsp3) is 0.529. The Morgan fingerprint density at radius 2 is 1.32 bits per heavy atom. The molecule has 0 aliphatic heterocycles. The minimum atomic E-state index is 0. The zero-order valence-electron chi connectivity index (χ0n) is 23.7. The van der Waals surface area contributed by atoms with E-state index in [0.29, 0.717) is 0 Å². The summed E-state index contributed by atoms with van der Waals surface area (Å²) in [5, 5.41) is 0. The number of hydrogen-bond donors (Lipinski definition) is 0. The smallest absolute Gasteiger partial charge is 0.303 e. The van der Waals surface area contributed by atoms with E-state index >= 15 is 0 Å². The van der Waals surface area contributed by atoms with Crippen LogP contribution < -0.4 is 0 Å². The SMILES string of the molecule is CCCCCC(C(=C=[N+]=[N-])CCCC)=C(c1ccc(CCCC)cc1)c1cccc(CCCCC)c1.[Ni]. The molecule has 204 valence electrons. The second-order valence-corrected chi connectivity index (χ2v) is 10.1. The van der Waals surface area contributed by atoms with Gasteiger partial charge in [-0.15, -0.1) is 4.79 Å². The largest absolute Gasteiger partial charge is 0.348 e. The summed E-state index contributed by atoms with van der Waals surface area (Å²) in [6.07, 6.45) is 16.0. The molecular weight excluding hydrogens is 495 g/mol. The van der Waals surface area contributed by atoms with Gasteiger partial charge in [-0.25, -0.2) is 0 Å². The molecule has 0 fully saturated rings. The maximum Gasteiger partial charge on any atom is 0.303 e. The van der Waals surface area contributed by atoms with E-state index in [2.05, 4.69) is 86.9 Å². The quantitative estimate of drug-likeness (QED) is 0.0475. The van der Waals surface area contributed by atoms with E-state index in [0.717, 1.165) is 50.5 Å². The minimum absolute atomic E-state index is 0. The summed E-state index contributed by atoms with van der Waals surface area (Å²) in [5.74, 6) is 3.00. The van der Waals surface area contributed by atoms with Crippen LogP contribution in [0.5, 0.6) is 0 Å². The topological polar surface area (TPSA) is 36.4 Å². The van der Waals surface area contributed by atoms with Crippen LogP contribution >= 0.6 is 0 Å². The van der Waals surface area contributed by atoms with Crippen LogP contribution in [0.3, 0.4) is 0 Å². The van der Waals surface area contributed by atoms with E-state index in [1.54, 1.807) is 0 Å². The van der Waals surface area contributed by atoms with Gasteiger partial charge in [-0.05, 0) is 84.8 Å². The van der Waals surface area contributed by atoms with Crippen molar-refractivity contribution in [3.8, 4) is 0 Å². The molecule has 0 heterocycles. The van der Waals surface area contributed by atoms with Crippen LogP contribution in [0.15, 0.2) is 59.7 Å². The molecule has 0 aromatic heterocycles. The first-order valence-electron chi connectivity index (χ1n) is 14.6. The molecule has 37 heavy (non-hydrogen) atoms. The molecular formula is C34H48N2Ni. The third kappa shape index (κ3) is 11.4. The van der Waals surface area contributed by atoms with Gasteiger partial charge in [0, 0.05) is 16.5 Å². The average molecular weight is 543 g/mol. The zero-order chi connectivity index (χ0) is 26.0. The molecule has 0 saturated carbocycles. The Morgan fingerprint density at radius 1 is 0.676 bits per heavy atom. The van der Waals surface area contributed by atoms with Gasteiger partial charge < -0.3 is 5.53 Å². The number of nitrogens with zero attached hydrogens (tertiary/aromatic N) is 2. The van der Waals surface area contributed by atoms with Gasteiger partial charge in [0.25, 0.3) is 0 Å². The molecule has 0 atom stereocenters. The standard InChI is InChI=1S/C34H48N2.Ni/c1-5-9-13-17-29-18-15-20-31(26-29)34(30-24-22-28(23-25-30)16-11-7-3)33(21-14-10-6-2)32(27-36-35)19-12-8-4;/h15,18,20,22-26H,5-14,16-17,19,21H2,1-4H3;. The number of aryl methyl sites for hydroxylation is 2. The predicted octanol–water partition coefficient (Wildman–Crippen LogP) is 10.2. The fourth-order valence-corrected chi connectivity index (χ4v) is 4.86. The van der Waals surface area contributed by atoms with E-state index in [-0.39, 0.29) is 16.5 Å². The first-order chi connectivity index (χ1) is 17.7. The molecule has 0 amide bonds. The Balaban J connectivity index is 0.00000684. The molecule has 0 aliphatic carbocycles. The molecule has 0 spiro atoms. The summed E-state index contributed by atoms with van der Waals surface area (Å²) < 4.78 is 0. The van der Waals surface area contributed by atoms with Crippen LogP contribution in [0.2, 0.25) is 0 Å². The molecule has 0 unspecified atom stereocenters. The summed E-state index contributed by atoms with van der Waals surface area (Å²) in [5.41, 5.74) is 18.5. The monoisotopic (exact) mass is 542 g/mol. The van der Waals surface area contributed by atoms with Gasteiger partial charge >= 0.3 is 5.87 Å². The van der Waals surface area contributed by atoms with Crippen LogP contribution in [-0.2, 0) is 29.3 Å². The van der Waals surface area contributed by atoms with E-state index in [4.69, 9.17) is 0 Å². The normalized spacial score (nSPS) is 11.2. The maximum absolute atomic E-state index is 9.53. The summed E-state index contributed by atoms with van der Waals surface area (Å²) in [7, 11) is 0. The summed E-state index contributed by atoms with van der Waals surface area (Å²) in [6.45, 7) is 8.97. The molecule has 0 saturated heterocycles. The Morgan fingerprint density at radius 3 is 1.97 bits per heavy atom. The van der Waals surface area contributed by atoms with Crippen molar-refractivity contribution in [2.75, 3.05) is 0 Å². The average Bonchev–Trinajstić information content (AvgIpc) is 2.90. The molecule has 0 radical (unpaired) electrons. The first kappa shape index (κ1) is 32.9. The Labute approximate surface area is 237 Å². The van der Waals surface area contributed by atoms with Crippen LogP contribution in [0.25, 0.3) is 11.1 Å². The Kier molecular flexibility index (Phi) is 17.7. The molecule has 2 nitrogen and oxygen atoms in total. The Hall–Kier alpha value is -2.17. The van der Waals surface area contributed by atoms with Crippen LogP contribution in [0.1, 0.15) is 127 Å². The van der Waals surface area contributed by atoms with E-state index < -0.39 is 0 Å². The number of hydrogen-bond acceptors (Lipinski definition) is 0. The van der Waals surface area contributed by atoms with Crippen LogP contribution in [0.4, 0.5) is 0 Å². The second-order valence-electron chi connectivity index (χ2n) is 10.1. The zero-order valence-corrected chi connectivity index (χ0v) is 24.7. The predicted molar refractivity (Wildman–Crippen MR) is 157 cm³/mol. The second kappa shape index (κ2) is 19.9. The number of allylic oxidation sites excluding steroid dienone is 2. The Bertz CT molecular complexity index is 1020. The molecule has 0 bridgehead atoms. The summed E-state index contributed by atoms with van der Waals surface area (Å²) in [6, 6.07) is 18.3. The first-order valence-corrected chi connectivity index (χ1v) is 14.6.